The minimum atomic E-state index is -0.0231. The lowest BCUT2D eigenvalue weighted by Gasteiger charge is -2.46. The van der Waals surface area contributed by atoms with Crippen LogP contribution in [0, 0.1) is 6.92 Å². The maximum atomic E-state index is 6.46. The molecule has 6 heterocycles. The lowest BCUT2D eigenvalue weighted by molar-refractivity contribution is 0.590. The largest absolute Gasteiger partial charge is 0.456 e. The Bertz CT molecular complexity index is 4190. The summed E-state index contributed by atoms with van der Waals surface area (Å²) in [5.41, 5.74) is 24.1. The van der Waals surface area contributed by atoms with Gasteiger partial charge in [0.1, 0.15) is 11.2 Å². The Labute approximate surface area is 401 Å². The maximum absolute atomic E-state index is 6.46. The quantitative estimate of drug-likeness (QED) is 0.162. The second-order valence-corrected chi connectivity index (χ2v) is 21.9. The molecule has 15 rings (SSSR count). The Morgan fingerprint density at radius 1 is 0.406 bits per heavy atom. The van der Waals surface area contributed by atoms with Crippen LogP contribution in [0.1, 0.15) is 58.2 Å². The highest BCUT2D eigenvalue weighted by atomic mass is 16.3. The predicted octanol–water partition coefficient (Wildman–Crippen LogP) is 15.1. The minimum Gasteiger partial charge on any atom is -0.456 e. The van der Waals surface area contributed by atoms with Crippen molar-refractivity contribution in [1.82, 2.24) is 9.13 Å². The van der Waals surface area contributed by atoms with Crippen LogP contribution < -0.4 is 26.2 Å². The predicted molar refractivity (Wildman–Crippen MR) is 292 cm³/mol. The van der Waals surface area contributed by atoms with Crippen LogP contribution in [0.15, 0.2) is 174 Å². The fourth-order valence-corrected chi connectivity index (χ4v) is 12.5. The molecule has 0 aliphatic carbocycles. The number of furan rings is 1. The molecule has 0 saturated heterocycles. The van der Waals surface area contributed by atoms with Crippen molar-refractivity contribution in [3.8, 4) is 11.4 Å². The zero-order valence-corrected chi connectivity index (χ0v) is 39.9. The standard InChI is InChI=1S/C63H49BN4O/c1-36-30-55-59-56(31-36)68-52-19-12-16-43-41-14-8-10-18-49(41)67(60(43)52)53-20-13-17-48(61(53)68)64(59)47-26-24-40(35-54(47)66(55)39-25-29-58-46(34-39)42-15-9-11-21-57(42)69-58)65-50-27-22-37(62(2,3)4)32-44(50)45-33-38(63(5,6)7)23-28-51(45)65/h8-35H,1-7H3. The lowest BCUT2D eigenvalue weighted by Crippen LogP contribution is -2.61. The molecule has 69 heavy (non-hydrogen) atoms. The van der Waals surface area contributed by atoms with Gasteiger partial charge >= 0.3 is 0 Å². The van der Waals surface area contributed by atoms with Gasteiger partial charge < -0.3 is 23.4 Å². The molecule has 12 aromatic rings. The SMILES string of the molecule is Cc1cc2c3c(c1)N1c4c(cccc4-n4c5ccccc5c5cccc1c54)B3c1ccc(-n3c4ccc(C(C)(C)C)cc4c4cc(C(C)(C)C)ccc43)cc1N2c1ccc2oc3ccccc3c2c1. The smallest absolute Gasteiger partial charge is 0.252 e. The van der Waals surface area contributed by atoms with Crippen molar-refractivity contribution in [2.75, 3.05) is 9.80 Å². The monoisotopic (exact) mass is 888 g/mol. The zero-order valence-electron chi connectivity index (χ0n) is 39.9. The van der Waals surface area contributed by atoms with Gasteiger partial charge in [-0.15, -0.1) is 0 Å². The number of hydrogen-bond acceptors (Lipinski definition) is 3. The average Bonchev–Trinajstić information content (AvgIpc) is 4.00. The van der Waals surface area contributed by atoms with E-state index in [0.29, 0.717) is 0 Å². The highest BCUT2D eigenvalue weighted by Gasteiger charge is 2.46. The fourth-order valence-electron chi connectivity index (χ4n) is 12.5. The summed E-state index contributed by atoms with van der Waals surface area (Å²) in [5.74, 6) is 0. The Hall–Kier alpha value is -7.96. The van der Waals surface area contributed by atoms with E-state index >= 15 is 0 Å². The first-order chi connectivity index (χ1) is 33.4. The molecular weight excluding hydrogens is 840 g/mol. The molecule has 0 unspecified atom stereocenters. The van der Waals surface area contributed by atoms with Crippen molar-refractivity contribution in [2.45, 2.75) is 59.3 Å². The molecule has 9 aromatic carbocycles. The van der Waals surface area contributed by atoms with Crippen molar-refractivity contribution < 1.29 is 4.42 Å². The molecule has 0 fully saturated rings. The van der Waals surface area contributed by atoms with Gasteiger partial charge in [0.2, 0.25) is 0 Å². The summed E-state index contributed by atoms with van der Waals surface area (Å²) in [5, 5.41) is 7.36. The van der Waals surface area contributed by atoms with Crippen LogP contribution >= 0.6 is 0 Å². The molecule has 0 bridgehead atoms. The van der Waals surface area contributed by atoms with Gasteiger partial charge in [-0.05, 0) is 142 Å². The Morgan fingerprint density at radius 2 is 1.03 bits per heavy atom. The van der Waals surface area contributed by atoms with Crippen LogP contribution in [-0.4, -0.2) is 15.8 Å². The number of rotatable bonds is 2. The molecule has 0 amide bonds. The Morgan fingerprint density at radius 3 is 1.78 bits per heavy atom. The van der Waals surface area contributed by atoms with E-state index in [1.807, 2.05) is 0 Å². The van der Waals surface area contributed by atoms with E-state index in [1.54, 1.807) is 0 Å². The number of para-hydroxylation sites is 4. The molecule has 330 valence electrons. The van der Waals surface area contributed by atoms with E-state index in [-0.39, 0.29) is 17.5 Å². The molecule has 0 spiro atoms. The van der Waals surface area contributed by atoms with E-state index in [2.05, 4.69) is 237 Å². The molecule has 3 aliphatic heterocycles. The molecule has 0 saturated carbocycles. The van der Waals surface area contributed by atoms with Crippen molar-refractivity contribution >= 4 is 123 Å². The highest BCUT2D eigenvalue weighted by Crippen LogP contribution is 2.53. The van der Waals surface area contributed by atoms with Crippen LogP contribution in [0.2, 0.25) is 0 Å². The topological polar surface area (TPSA) is 29.5 Å². The van der Waals surface area contributed by atoms with Crippen molar-refractivity contribution in [2.24, 2.45) is 0 Å². The van der Waals surface area contributed by atoms with Crippen LogP contribution in [0.3, 0.4) is 0 Å². The van der Waals surface area contributed by atoms with Crippen LogP contribution in [0.4, 0.5) is 34.1 Å². The highest BCUT2D eigenvalue weighted by molar-refractivity contribution is 7.00. The summed E-state index contributed by atoms with van der Waals surface area (Å²) in [6.45, 7) is 16.1. The third-order valence-electron chi connectivity index (χ3n) is 15.7. The van der Waals surface area contributed by atoms with E-state index in [0.717, 1.165) is 33.3 Å². The van der Waals surface area contributed by atoms with E-state index in [9.17, 15) is 0 Å². The first kappa shape index (κ1) is 39.1. The number of fused-ring (bicyclic) bond motifs is 15. The summed E-state index contributed by atoms with van der Waals surface area (Å²) in [6, 6.07) is 64.4. The zero-order chi connectivity index (χ0) is 46.4. The number of aromatic nitrogens is 2. The molecule has 3 aromatic heterocycles. The van der Waals surface area contributed by atoms with Gasteiger partial charge in [0.15, 0.2) is 0 Å². The molecule has 3 aliphatic rings. The summed E-state index contributed by atoms with van der Waals surface area (Å²) < 4.78 is 11.5. The van der Waals surface area contributed by atoms with Gasteiger partial charge in [0.05, 0.1) is 39.1 Å². The molecule has 0 N–H and O–H groups in total. The molecule has 0 atom stereocenters. The van der Waals surface area contributed by atoms with Gasteiger partial charge in [0, 0.05) is 60.8 Å². The van der Waals surface area contributed by atoms with Crippen molar-refractivity contribution in [1.29, 1.82) is 0 Å². The summed E-state index contributed by atoms with van der Waals surface area (Å²) in [7, 11) is 0. The number of hydrogen-bond donors (Lipinski definition) is 0. The van der Waals surface area contributed by atoms with Crippen LogP contribution in [-0.2, 0) is 10.8 Å². The lowest BCUT2D eigenvalue weighted by atomic mass is 9.33. The van der Waals surface area contributed by atoms with E-state index in [1.165, 1.54) is 111 Å². The first-order valence-corrected chi connectivity index (χ1v) is 24.5. The molecular formula is C63H49BN4O. The van der Waals surface area contributed by atoms with Crippen molar-refractivity contribution in [3.63, 3.8) is 0 Å². The summed E-state index contributed by atoms with van der Waals surface area (Å²) in [6.07, 6.45) is 0. The number of nitrogens with zero attached hydrogens (tertiary/aromatic N) is 4. The van der Waals surface area contributed by atoms with Gasteiger partial charge in [-0.25, -0.2) is 0 Å². The number of aryl methyl sites for hydroxylation is 1. The maximum Gasteiger partial charge on any atom is 0.252 e. The molecule has 0 radical (unpaired) electrons. The Kier molecular flexibility index (Phi) is 7.46. The van der Waals surface area contributed by atoms with Gasteiger partial charge in [-0.1, -0.05) is 120 Å². The third kappa shape index (κ3) is 5.16. The number of benzene rings is 9. The average molecular weight is 889 g/mol. The van der Waals surface area contributed by atoms with Crippen LogP contribution in [0.25, 0.3) is 76.9 Å². The van der Waals surface area contributed by atoms with Crippen molar-refractivity contribution in [3.05, 3.63) is 187 Å². The molecule has 5 nitrogen and oxygen atoms in total. The first-order valence-electron chi connectivity index (χ1n) is 24.5. The Balaban J connectivity index is 1.04. The normalized spacial score (nSPS) is 13.9. The number of anilines is 6. The summed E-state index contributed by atoms with van der Waals surface area (Å²) in [4.78, 5) is 5.15. The van der Waals surface area contributed by atoms with E-state index < -0.39 is 0 Å². The second kappa shape index (κ2) is 13.2. The van der Waals surface area contributed by atoms with Gasteiger partial charge in [-0.3, -0.25) is 0 Å². The fraction of sp³-hybridized carbons (Fsp3) is 0.143. The third-order valence-corrected chi connectivity index (χ3v) is 15.7. The summed E-state index contributed by atoms with van der Waals surface area (Å²) >= 11 is 0. The van der Waals surface area contributed by atoms with E-state index in [4.69, 9.17) is 4.42 Å². The minimum absolute atomic E-state index is 0.0110. The molecule has 6 heteroatoms. The van der Waals surface area contributed by atoms with Gasteiger partial charge in [0.25, 0.3) is 6.71 Å². The second-order valence-electron chi connectivity index (χ2n) is 21.9. The van der Waals surface area contributed by atoms with Crippen LogP contribution in [0.5, 0.6) is 0 Å². The van der Waals surface area contributed by atoms with Gasteiger partial charge in [-0.2, -0.15) is 0 Å².